The van der Waals surface area contributed by atoms with Crippen molar-refractivity contribution in [1.29, 1.82) is 0 Å². The zero-order valence-electron chi connectivity index (χ0n) is 13.5. The minimum Gasteiger partial charge on any atom is -0.364 e. The summed E-state index contributed by atoms with van der Waals surface area (Å²) in [5.74, 6) is 1.69. The number of aryl methyl sites for hydroxylation is 1. The Kier molecular flexibility index (Phi) is 4.71. The standard InChI is InChI=1S/C17H22N4O2/c1-12(16-20-19-15-9-6-10-21(15)16)18-17(22)13(2)23-11-14-7-4-3-5-8-14/h3-5,7-8,12-13H,6,9-11H2,1-2H3,(H,18,22)/t12-,13-/m1/s1. The van der Waals surface area contributed by atoms with Crippen LogP contribution in [0.25, 0.3) is 0 Å². The smallest absolute Gasteiger partial charge is 0.249 e. The highest BCUT2D eigenvalue weighted by molar-refractivity contribution is 5.80. The summed E-state index contributed by atoms with van der Waals surface area (Å²) in [6, 6.07) is 9.65. The van der Waals surface area contributed by atoms with E-state index < -0.39 is 6.10 Å². The van der Waals surface area contributed by atoms with E-state index in [0.29, 0.717) is 6.61 Å². The molecule has 0 bridgehead atoms. The molecule has 2 aromatic rings. The number of amides is 1. The van der Waals surface area contributed by atoms with Gasteiger partial charge in [0, 0.05) is 13.0 Å². The summed E-state index contributed by atoms with van der Waals surface area (Å²) in [7, 11) is 0. The largest absolute Gasteiger partial charge is 0.364 e. The van der Waals surface area contributed by atoms with E-state index in [1.807, 2.05) is 37.3 Å². The fourth-order valence-corrected chi connectivity index (χ4v) is 2.76. The lowest BCUT2D eigenvalue weighted by Gasteiger charge is -2.18. The first-order valence-electron chi connectivity index (χ1n) is 8.03. The molecule has 1 aromatic carbocycles. The van der Waals surface area contributed by atoms with Crippen molar-refractivity contribution in [3.63, 3.8) is 0 Å². The molecule has 23 heavy (non-hydrogen) atoms. The van der Waals surface area contributed by atoms with Crippen LogP contribution < -0.4 is 5.32 Å². The monoisotopic (exact) mass is 314 g/mol. The average molecular weight is 314 g/mol. The summed E-state index contributed by atoms with van der Waals surface area (Å²) in [5, 5.41) is 11.3. The van der Waals surface area contributed by atoms with Gasteiger partial charge in [-0.1, -0.05) is 30.3 Å². The van der Waals surface area contributed by atoms with E-state index in [0.717, 1.165) is 36.6 Å². The SMILES string of the molecule is C[C@@H](OCc1ccccc1)C(=O)N[C@H](C)c1nnc2n1CCC2. The Morgan fingerprint density at radius 1 is 1.30 bits per heavy atom. The Hall–Kier alpha value is -2.21. The van der Waals surface area contributed by atoms with Crippen molar-refractivity contribution in [3.05, 3.63) is 47.5 Å². The number of fused-ring (bicyclic) bond motifs is 1. The Bertz CT molecular complexity index is 668. The van der Waals surface area contributed by atoms with E-state index in [2.05, 4.69) is 20.1 Å². The van der Waals surface area contributed by atoms with Gasteiger partial charge in [0.05, 0.1) is 12.6 Å². The number of rotatable bonds is 6. The maximum Gasteiger partial charge on any atom is 0.249 e. The number of ether oxygens (including phenoxy) is 1. The fourth-order valence-electron chi connectivity index (χ4n) is 2.76. The average Bonchev–Trinajstić information content (AvgIpc) is 3.16. The van der Waals surface area contributed by atoms with Crippen LogP contribution >= 0.6 is 0 Å². The van der Waals surface area contributed by atoms with Crippen LogP contribution in [-0.2, 0) is 29.1 Å². The lowest BCUT2D eigenvalue weighted by molar-refractivity contribution is -0.133. The van der Waals surface area contributed by atoms with Crippen molar-refractivity contribution >= 4 is 5.91 Å². The van der Waals surface area contributed by atoms with Crippen LogP contribution in [0.15, 0.2) is 30.3 Å². The molecule has 0 saturated carbocycles. The van der Waals surface area contributed by atoms with Crippen molar-refractivity contribution < 1.29 is 9.53 Å². The number of carbonyl (C=O) groups is 1. The highest BCUT2D eigenvalue weighted by atomic mass is 16.5. The van der Waals surface area contributed by atoms with Gasteiger partial charge >= 0.3 is 0 Å². The predicted octanol–water partition coefficient (Wildman–Crippen LogP) is 2.01. The molecule has 0 radical (unpaired) electrons. The molecule has 2 heterocycles. The second-order valence-corrected chi connectivity index (χ2v) is 5.90. The van der Waals surface area contributed by atoms with Crippen LogP contribution in [0.4, 0.5) is 0 Å². The van der Waals surface area contributed by atoms with Crippen molar-refractivity contribution in [2.45, 2.75) is 52.0 Å². The second-order valence-electron chi connectivity index (χ2n) is 5.90. The molecule has 1 amide bonds. The number of carbonyl (C=O) groups excluding carboxylic acids is 1. The molecule has 6 heteroatoms. The highest BCUT2D eigenvalue weighted by Crippen LogP contribution is 2.19. The van der Waals surface area contributed by atoms with E-state index in [9.17, 15) is 4.79 Å². The highest BCUT2D eigenvalue weighted by Gasteiger charge is 2.24. The van der Waals surface area contributed by atoms with Gasteiger partial charge in [0.25, 0.3) is 0 Å². The molecule has 0 fully saturated rings. The van der Waals surface area contributed by atoms with Gasteiger partial charge < -0.3 is 14.6 Å². The zero-order valence-corrected chi connectivity index (χ0v) is 13.5. The van der Waals surface area contributed by atoms with Crippen molar-refractivity contribution in [3.8, 4) is 0 Å². The van der Waals surface area contributed by atoms with Crippen LogP contribution in [0.5, 0.6) is 0 Å². The minimum atomic E-state index is -0.515. The molecular weight excluding hydrogens is 292 g/mol. The first-order chi connectivity index (χ1) is 11.1. The van der Waals surface area contributed by atoms with Crippen molar-refractivity contribution in [1.82, 2.24) is 20.1 Å². The number of hydrogen-bond acceptors (Lipinski definition) is 4. The Morgan fingerprint density at radius 2 is 2.09 bits per heavy atom. The summed E-state index contributed by atoms with van der Waals surface area (Å²) < 4.78 is 7.74. The lowest BCUT2D eigenvalue weighted by atomic mass is 10.2. The van der Waals surface area contributed by atoms with Crippen molar-refractivity contribution in [2.75, 3.05) is 0 Å². The summed E-state index contributed by atoms with van der Waals surface area (Å²) in [4.78, 5) is 12.3. The number of nitrogens with zero attached hydrogens (tertiary/aromatic N) is 3. The number of hydrogen-bond donors (Lipinski definition) is 1. The molecule has 0 saturated heterocycles. The molecule has 6 nitrogen and oxygen atoms in total. The molecule has 1 aliphatic heterocycles. The molecule has 2 atom stereocenters. The van der Waals surface area contributed by atoms with Gasteiger partial charge in [-0.15, -0.1) is 10.2 Å². The maximum absolute atomic E-state index is 12.3. The topological polar surface area (TPSA) is 69.0 Å². The molecule has 122 valence electrons. The van der Waals surface area contributed by atoms with Crippen LogP contribution in [-0.4, -0.2) is 26.8 Å². The molecule has 1 N–H and O–H groups in total. The summed E-state index contributed by atoms with van der Waals surface area (Å²) in [6.45, 7) is 5.04. The van der Waals surface area contributed by atoms with Gasteiger partial charge in [-0.3, -0.25) is 4.79 Å². The summed E-state index contributed by atoms with van der Waals surface area (Å²) >= 11 is 0. The normalized spacial score (nSPS) is 15.9. The fraction of sp³-hybridized carbons (Fsp3) is 0.471. The molecular formula is C17H22N4O2. The first kappa shape index (κ1) is 15.7. The Morgan fingerprint density at radius 3 is 2.87 bits per heavy atom. The summed E-state index contributed by atoms with van der Waals surface area (Å²) in [5.41, 5.74) is 1.05. The molecule has 1 aromatic heterocycles. The Labute approximate surface area is 135 Å². The van der Waals surface area contributed by atoms with Gasteiger partial charge in [-0.25, -0.2) is 0 Å². The number of benzene rings is 1. The number of aromatic nitrogens is 3. The Balaban J connectivity index is 1.53. The molecule has 0 aliphatic carbocycles. The van der Waals surface area contributed by atoms with Crippen molar-refractivity contribution in [2.24, 2.45) is 0 Å². The van der Waals surface area contributed by atoms with E-state index in [1.165, 1.54) is 0 Å². The molecule has 0 unspecified atom stereocenters. The number of nitrogens with one attached hydrogen (secondary N) is 1. The van der Waals surface area contributed by atoms with Gasteiger partial charge in [0.2, 0.25) is 5.91 Å². The van der Waals surface area contributed by atoms with Gasteiger partial charge in [0.1, 0.15) is 11.9 Å². The van der Waals surface area contributed by atoms with E-state index >= 15 is 0 Å². The minimum absolute atomic E-state index is 0.135. The van der Waals surface area contributed by atoms with Gasteiger partial charge in [-0.2, -0.15) is 0 Å². The first-order valence-corrected chi connectivity index (χ1v) is 8.03. The van der Waals surface area contributed by atoms with E-state index in [-0.39, 0.29) is 11.9 Å². The lowest BCUT2D eigenvalue weighted by Crippen LogP contribution is -2.37. The van der Waals surface area contributed by atoms with Crippen LogP contribution in [0.1, 0.15) is 43.5 Å². The van der Waals surface area contributed by atoms with E-state index in [1.54, 1.807) is 6.92 Å². The second kappa shape index (κ2) is 6.91. The maximum atomic E-state index is 12.3. The van der Waals surface area contributed by atoms with E-state index in [4.69, 9.17) is 4.74 Å². The molecule has 3 rings (SSSR count). The third-order valence-corrected chi connectivity index (χ3v) is 4.10. The zero-order chi connectivity index (χ0) is 16.2. The molecule has 0 spiro atoms. The molecule has 1 aliphatic rings. The van der Waals surface area contributed by atoms with Gasteiger partial charge in [-0.05, 0) is 25.8 Å². The summed E-state index contributed by atoms with van der Waals surface area (Å²) in [6.07, 6.45) is 1.54. The van der Waals surface area contributed by atoms with Crippen LogP contribution in [0.3, 0.4) is 0 Å². The van der Waals surface area contributed by atoms with Crippen LogP contribution in [0, 0.1) is 0 Å². The quantitative estimate of drug-likeness (QED) is 0.885. The van der Waals surface area contributed by atoms with Crippen LogP contribution in [0.2, 0.25) is 0 Å². The predicted molar refractivity (Wildman–Crippen MR) is 85.6 cm³/mol. The third kappa shape index (κ3) is 3.59. The third-order valence-electron chi connectivity index (χ3n) is 4.10. The van der Waals surface area contributed by atoms with Gasteiger partial charge in [0.15, 0.2) is 5.82 Å².